The van der Waals surface area contributed by atoms with Crippen molar-refractivity contribution in [2.24, 2.45) is 5.92 Å². The predicted octanol–water partition coefficient (Wildman–Crippen LogP) is 4.69. The van der Waals surface area contributed by atoms with E-state index in [-0.39, 0.29) is 11.8 Å². The van der Waals surface area contributed by atoms with E-state index in [1.807, 2.05) is 48.5 Å². The Balaban J connectivity index is 1.47. The summed E-state index contributed by atoms with van der Waals surface area (Å²) in [5.74, 6) is 1.77. The average molecular weight is 402 g/mol. The Morgan fingerprint density at radius 3 is 2.80 bits per heavy atom. The van der Waals surface area contributed by atoms with Gasteiger partial charge in [-0.05, 0) is 49.1 Å². The van der Waals surface area contributed by atoms with E-state index in [1.54, 1.807) is 12.4 Å². The molecule has 1 aliphatic rings. The van der Waals surface area contributed by atoms with Crippen molar-refractivity contribution in [1.82, 2.24) is 9.97 Å². The molecule has 6 nitrogen and oxygen atoms in total. The highest BCUT2D eigenvalue weighted by Crippen LogP contribution is 2.31. The molecule has 6 heteroatoms. The molecule has 30 heavy (non-hydrogen) atoms. The van der Waals surface area contributed by atoms with Crippen molar-refractivity contribution < 1.29 is 9.53 Å². The molecule has 1 fully saturated rings. The third-order valence-electron chi connectivity index (χ3n) is 5.30. The Labute approximate surface area is 176 Å². The van der Waals surface area contributed by atoms with Gasteiger partial charge in [-0.15, -0.1) is 0 Å². The fourth-order valence-corrected chi connectivity index (χ4v) is 3.70. The smallest absolute Gasteiger partial charge is 0.263 e. The van der Waals surface area contributed by atoms with E-state index < -0.39 is 0 Å². The van der Waals surface area contributed by atoms with E-state index in [0.29, 0.717) is 24.0 Å². The summed E-state index contributed by atoms with van der Waals surface area (Å²) in [6.45, 7) is 3.51. The van der Waals surface area contributed by atoms with Gasteiger partial charge in [0.05, 0.1) is 5.92 Å². The van der Waals surface area contributed by atoms with Gasteiger partial charge in [-0.2, -0.15) is 0 Å². The van der Waals surface area contributed by atoms with Crippen LogP contribution in [0.15, 0.2) is 67.0 Å². The zero-order valence-electron chi connectivity index (χ0n) is 17.1. The summed E-state index contributed by atoms with van der Waals surface area (Å²) in [6, 6.07) is 17.6. The molecule has 1 saturated heterocycles. The van der Waals surface area contributed by atoms with E-state index in [9.17, 15) is 4.79 Å². The van der Waals surface area contributed by atoms with E-state index in [4.69, 9.17) is 4.74 Å². The summed E-state index contributed by atoms with van der Waals surface area (Å²) >= 11 is 0. The molecule has 0 unspecified atom stereocenters. The van der Waals surface area contributed by atoms with Crippen LogP contribution >= 0.6 is 0 Å². The van der Waals surface area contributed by atoms with Crippen LogP contribution in [0.25, 0.3) is 0 Å². The maximum atomic E-state index is 12.9. The standard InChI is InChI=1S/C24H26N4O2/c1-2-18-8-6-10-20(16-18)27-23(29)19-9-7-15-28(17-19)22-24(26-14-13-25-22)30-21-11-4-3-5-12-21/h3-6,8,10-14,16,19H,2,7,9,15,17H2,1H3,(H,27,29)/t19-/m1/s1. The summed E-state index contributed by atoms with van der Waals surface area (Å²) in [6.07, 6.45) is 5.99. The first-order chi connectivity index (χ1) is 14.7. The highest BCUT2D eigenvalue weighted by molar-refractivity contribution is 5.93. The normalized spacial score (nSPS) is 16.2. The van der Waals surface area contributed by atoms with Crippen LogP contribution in [0, 0.1) is 5.92 Å². The molecule has 1 aliphatic heterocycles. The monoisotopic (exact) mass is 402 g/mol. The lowest BCUT2D eigenvalue weighted by molar-refractivity contribution is -0.120. The number of anilines is 2. The Kier molecular flexibility index (Phi) is 6.23. The molecule has 1 amide bonds. The Morgan fingerprint density at radius 1 is 1.13 bits per heavy atom. The molecule has 4 rings (SSSR count). The second-order valence-electron chi connectivity index (χ2n) is 7.43. The fraction of sp³-hybridized carbons (Fsp3) is 0.292. The quantitative estimate of drug-likeness (QED) is 0.648. The molecular weight excluding hydrogens is 376 g/mol. The number of rotatable bonds is 6. The average Bonchev–Trinajstić information content (AvgIpc) is 2.80. The molecule has 0 radical (unpaired) electrons. The molecule has 1 aromatic heterocycles. The number of benzene rings is 2. The third-order valence-corrected chi connectivity index (χ3v) is 5.30. The first kappa shape index (κ1) is 19.9. The summed E-state index contributed by atoms with van der Waals surface area (Å²) in [5, 5.41) is 3.08. The van der Waals surface area contributed by atoms with Gasteiger partial charge in [0.2, 0.25) is 5.91 Å². The second kappa shape index (κ2) is 9.39. The molecule has 2 heterocycles. The van der Waals surface area contributed by atoms with Gasteiger partial charge < -0.3 is 15.0 Å². The number of hydrogen-bond acceptors (Lipinski definition) is 5. The molecule has 3 aromatic rings. The van der Waals surface area contributed by atoms with Gasteiger partial charge >= 0.3 is 0 Å². The molecule has 154 valence electrons. The van der Waals surface area contributed by atoms with Crippen LogP contribution in [0.1, 0.15) is 25.3 Å². The molecule has 0 aliphatic carbocycles. The van der Waals surface area contributed by atoms with Crippen LogP contribution in [0.4, 0.5) is 11.5 Å². The predicted molar refractivity (Wildman–Crippen MR) is 118 cm³/mol. The Hall–Kier alpha value is -3.41. The molecule has 0 spiro atoms. The summed E-state index contributed by atoms with van der Waals surface area (Å²) < 4.78 is 5.96. The van der Waals surface area contributed by atoms with Crippen molar-refractivity contribution >= 4 is 17.4 Å². The Morgan fingerprint density at radius 2 is 1.97 bits per heavy atom. The SMILES string of the molecule is CCc1cccc(NC(=O)[C@@H]2CCCN(c3nccnc3Oc3ccccc3)C2)c1. The number of aromatic nitrogens is 2. The lowest BCUT2D eigenvalue weighted by Crippen LogP contribution is -2.41. The maximum absolute atomic E-state index is 12.9. The minimum atomic E-state index is -0.115. The zero-order valence-corrected chi connectivity index (χ0v) is 17.1. The second-order valence-corrected chi connectivity index (χ2v) is 7.43. The van der Waals surface area contributed by atoms with Gasteiger partial charge in [0, 0.05) is 31.2 Å². The third kappa shape index (κ3) is 4.76. The number of ether oxygens (including phenoxy) is 1. The minimum Gasteiger partial charge on any atom is -0.436 e. The van der Waals surface area contributed by atoms with Crippen LogP contribution in [0.5, 0.6) is 11.6 Å². The van der Waals surface area contributed by atoms with E-state index >= 15 is 0 Å². The lowest BCUT2D eigenvalue weighted by atomic mass is 9.97. The number of piperidine rings is 1. The first-order valence-corrected chi connectivity index (χ1v) is 10.4. The molecule has 1 N–H and O–H groups in total. The van der Waals surface area contributed by atoms with Gasteiger partial charge in [0.1, 0.15) is 5.75 Å². The van der Waals surface area contributed by atoms with Crippen molar-refractivity contribution in [3.63, 3.8) is 0 Å². The highest BCUT2D eigenvalue weighted by Gasteiger charge is 2.28. The van der Waals surface area contributed by atoms with Gasteiger partial charge in [-0.1, -0.05) is 37.3 Å². The maximum Gasteiger partial charge on any atom is 0.263 e. The van der Waals surface area contributed by atoms with Crippen molar-refractivity contribution in [3.8, 4) is 11.6 Å². The Bertz CT molecular complexity index is 993. The van der Waals surface area contributed by atoms with Gasteiger partial charge in [0.25, 0.3) is 5.88 Å². The molecule has 2 aromatic carbocycles. The van der Waals surface area contributed by atoms with Crippen LogP contribution < -0.4 is 15.0 Å². The van der Waals surface area contributed by atoms with Crippen molar-refractivity contribution in [1.29, 1.82) is 0 Å². The van der Waals surface area contributed by atoms with Gasteiger partial charge in [-0.3, -0.25) is 4.79 Å². The van der Waals surface area contributed by atoms with Crippen LogP contribution in [-0.4, -0.2) is 29.0 Å². The highest BCUT2D eigenvalue weighted by atomic mass is 16.5. The first-order valence-electron chi connectivity index (χ1n) is 10.4. The lowest BCUT2D eigenvalue weighted by Gasteiger charge is -2.33. The summed E-state index contributed by atoms with van der Waals surface area (Å²) in [4.78, 5) is 23.9. The van der Waals surface area contributed by atoms with Crippen LogP contribution in [0.2, 0.25) is 0 Å². The summed E-state index contributed by atoms with van der Waals surface area (Å²) in [5.41, 5.74) is 2.06. The molecular formula is C24H26N4O2. The number of nitrogens with zero attached hydrogens (tertiary/aromatic N) is 3. The fourth-order valence-electron chi connectivity index (χ4n) is 3.70. The molecule has 0 saturated carbocycles. The van der Waals surface area contributed by atoms with Crippen molar-refractivity contribution in [2.45, 2.75) is 26.2 Å². The number of para-hydroxylation sites is 1. The molecule has 1 atom stereocenters. The van der Waals surface area contributed by atoms with Gasteiger partial charge in [-0.25, -0.2) is 9.97 Å². The van der Waals surface area contributed by atoms with Gasteiger partial charge in [0.15, 0.2) is 5.82 Å². The van der Waals surface area contributed by atoms with E-state index in [2.05, 4.69) is 33.2 Å². The van der Waals surface area contributed by atoms with Crippen molar-refractivity contribution in [3.05, 3.63) is 72.6 Å². The summed E-state index contributed by atoms with van der Waals surface area (Å²) in [7, 11) is 0. The van der Waals surface area contributed by atoms with E-state index in [1.165, 1.54) is 5.56 Å². The van der Waals surface area contributed by atoms with E-state index in [0.717, 1.165) is 31.5 Å². The largest absolute Gasteiger partial charge is 0.436 e. The van der Waals surface area contributed by atoms with Crippen LogP contribution in [-0.2, 0) is 11.2 Å². The number of amides is 1. The number of aryl methyl sites for hydroxylation is 1. The number of nitrogens with one attached hydrogen (secondary N) is 1. The minimum absolute atomic E-state index is 0.0439. The van der Waals surface area contributed by atoms with Crippen molar-refractivity contribution in [2.75, 3.05) is 23.3 Å². The molecule has 0 bridgehead atoms. The van der Waals surface area contributed by atoms with Crippen LogP contribution in [0.3, 0.4) is 0 Å². The number of hydrogen-bond donors (Lipinski definition) is 1. The number of carbonyl (C=O) groups excluding carboxylic acids is 1. The number of carbonyl (C=O) groups is 1. The topological polar surface area (TPSA) is 67.4 Å². The zero-order chi connectivity index (χ0) is 20.8.